The molecule has 140 valence electrons. The molecule has 2 aliphatic rings. The molecule has 1 aliphatic carbocycles. The van der Waals surface area contributed by atoms with Gasteiger partial charge in [-0.2, -0.15) is 0 Å². The molecule has 4 heteroatoms. The maximum absolute atomic E-state index is 12.8. The number of rotatable bonds is 3. The Hall–Kier alpha value is -2.62. The monoisotopic (exact) mass is 362 g/mol. The van der Waals surface area contributed by atoms with E-state index in [2.05, 4.69) is 5.32 Å². The van der Waals surface area contributed by atoms with Gasteiger partial charge < -0.3 is 10.2 Å². The number of aryl methyl sites for hydroxylation is 2. The quantitative estimate of drug-likeness (QED) is 0.865. The second-order valence-electron chi connectivity index (χ2n) is 7.84. The number of benzene rings is 2. The molecule has 2 aromatic carbocycles. The molecule has 0 unspecified atom stereocenters. The smallest absolute Gasteiger partial charge is 0.255 e. The first-order valence-corrected chi connectivity index (χ1v) is 9.86. The number of nitrogens with zero attached hydrogens (tertiary/aromatic N) is 1. The van der Waals surface area contributed by atoms with Crippen LogP contribution in [0.5, 0.6) is 0 Å². The Bertz CT molecular complexity index is 897. The molecular formula is C23H26N2O2. The van der Waals surface area contributed by atoms with E-state index in [-0.39, 0.29) is 17.7 Å². The lowest BCUT2D eigenvalue weighted by molar-refractivity contribution is -0.122. The Kier molecular flexibility index (Phi) is 4.73. The molecule has 1 fully saturated rings. The number of hydrogen-bond donors (Lipinski definition) is 1. The summed E-state index contributed by atoms with van der Waals surface area (Å²) in [5, 5.41) is 3.01. The minimum absolute atomic E-state index is 0.0898. The van der Waals surface area contributed by atoms with Crippen LogP contribution >= 0.6 is 0 Å². The predicted molar refractivity (Wildman–Crippen MR) is 108 cm³/mol. The first-order chi connectivity index (χ1) is 13.0. The lowest BCUT2D eigenvalue weighted by Crippen LogP contribution is -2.33. The van der Waals surface area contributed by atoms with Gasteiger partial charge in [-0.3, -0.25) is 9.59 Å². The van der Waals surface area contributed by atoms with Crippen LogP contribution < -0.4 is 10.2 Å². The van der Waals surface area contributed by atoms with Crippen LogP contribution in [0.3, 0.4) is 0 Å². The summed E-state index contributed by atoms with van der Waals surface area (Å²) >= 11 is 0. The highest BCUT2D eigenvalue weighted by molar-refractivity contribution is 6.06. The summed E-state index contributed by atoms with van der Waals surface area (Å²) in [6.07, 6.45) is 5.23. The Balaban J connectivity index is 1.51. The second-order valence-corrected chi connectivity index (χ2v) is 7.84. The minimum Gasteiger partial charge on any atom is -0.322 e. The van der Waals surface area contributed by atoms with Gasteiger partial charge in [0.25, 0.3) is 5.91 Å². The summed E-state index contributed by atoms with van der Waals surface area (Å²) in [5.74, 6) is 0.381. The number of carbonyl (C=O) groups is 2. The summed E-state index contributed by atoms with van der Waals surface area (Å²) in [6.45, 7) is 4.68. The number of anilines is 2. The van der Waals surface area contributed by atoms with Crippen LogP contribution in [0, 0.1) is 19.8 Å². The van der Waals surface area contributed by atoms with E-state index in [1.807, 2.05) is 55.1 Å². The van der Waals surface area contributed by atoms with Crippen LogP contribution in [-0.4, -0.2) is 18.4 Å². The molecule has 1 heterocycles. The Labute approximate surface area is 160 Å². The lowest BCUT2D eigenvalue weighted by atomic mass is 10.0. The average molecular weight is 362 g/mol. The zero-order chi connectivity index (χ0) is 19.0. The number of nitrogens with one attached hydrogen (secondary N) is 1. The molecule has 0 aromatic heterocycles. The van der Waals surface area contributed by atoms with E-state index < -0.39 is 0 Å². The summed E-state index contributed by atoms with van der Waals surface area (Å²) in [7, 11) is 0. The first-order valence-electron chi connectivity index (χ1n) is 9.86. The van der Waals surface area contributed by atoms with Crippen LogP contribution in [0.15, 0.2) is 36.4 Å². The van der Waals surface area contributed by atoms with Gasteiger partial charge in [0.15, 0.2) is 0 Å². The number of amides is 2. The molecule has 2 aromatic rings. The zero-order valence-corrected chi connectivity index (χ0v) is 16.0. The van der Waals surface area contributed by atoms with Crippen LogP contribution in [0.2, 0.25) is 0 Å². The van der Waals surface area contributed by atoms with Gasteiger partial charge in [-0.05, 0) is 68.5 Å². The molecule has 4 rings (SSSR count). The third-order valence-corrected chi connectivity index (χ3v) is 5.84. The molecule has 0 radical (unpaired) electrons. The van der Waals surface area contributed by atoms with Gasteiger partial charge in [-0.1, -0.05) is 30.5 Å². The van der Waals surface area contributed by atoms with Crippen molar-refractivity contribution in [1.82, 2.24) is 0 Å². The highest BCUT2D eigenvalue weighted by atomic mass is 16.2. The SMILES string of the molecule is Cc1ccc(C)c(C(=O)Nc2ccc3c(c2)CCN3C(=O)C2CCCC2)c1. The highest BCUT2D eigenvalue weighted by Gasteiger charge is 2.31. The Morgan fingerprint density at radius 1 is 1.04 bits per heavy atom. The zero-order valence-electron chi connectivity index (χ0n) is 16.0. The minimum atomic E-state index is -0.0898. The fourth-order valence-corrected chi connectivity index (χ4v) is 4.28. The van der Waals surface area contributed by atoms with E-state index in [0.29, 0.717) is 5.56 Å². The number of hydrogen-bond acceptors (Lipinski definition) is 2. The molecule has 1 saturated carbocycles. The van der Waals surface area contributed by atoms with E-state index in [4.69, 9.17) is 0 Å². The normalized spacial score (nSPS) is 16.4. The van der Waals surface area contributed by atoms with Gasteiger partial charge >= 0.3 is 0 Å². The fraction of sp³-hybridized carbons (Fsp3) is 0.391. The van der Waals surface area contributed by atoms with Crippen LogP contribution in [0.4, 0.5) is 11.4 Å². The van der Waals surface area contributed by atoms with Crippen molar-refractivity contribution < 1.29 is 9.59 Å². The molecule has 4 nitrogen and oxygen atoms in total. The summed E-state index contributed by atoms with van der Waals surface area (Å²) in [6, 6.07) is 11.8. The van der Waals surface area contributed by atoms with Crippen molar-refractivity contribution in [3.05, 3.63) is 58.7 Å². The van der Waals surface area contributed by atoms with E-state index in [0.717, 1.165) is 53.9 Å². The molecular weight excluding hydrogens is 336 g/mol. The van der Waals surface area contributed by atoms with E-state index in [1.165, 1.54) is 12.8 Å². The van der Waals surface area contributed by atoms with E-state index in [1.54, 1.807) is 0 Å². The third-order valence-electron chi connectivity index (χ3n) is 5.84. The number of carbonyl (C=O) groups excluding carboxylic acids is 2. The molecule has 0 bridgehead atoms. The van der Waals surface area contributed by atoms with Crippen LogP contribution in [-0.2, 0) is 11.2 Å². The molecule has 0 saturated heterocycles. The van der Waals surface area contributed by atoms with Crippen molar-refractivity contribution in [2.45, 2.75) is 46.0 Å². The van der Waals surface area contributed by atoms with Gasteiger partial charge in [0, 0.05) is 29.4 Å². The van der Waals surface area contributed by atoms with Gasteiger partial charge in [-0.15, -0.1) is 0 Å². The summed E-state index contributed by atoms with van der Waals surface area (Å²) < 4.78 is 0. The third kappa shape index (κ3) is 3.48. The maximum atomic E-state index is 12.8. The van der Waals surface area contributed by atoms with Gasteiger partial charge in [0.2, 0.25) is 5.91 Å². The maximum Gasteiger partial charge on any atom is 0.255 e. The second kappa shape index (κ2) is 7.18. The van der Waals surface area contributed by atoms with E-state index in [9.17, 15) is 9.59 Å². The molecule has 27 heavy (non-hydrogen) atoms. The Morgan fingerprint density at radius 3 is 2.59 bits per heavy atom. The van der Waals surface area contributed by atoms with Crippen molar-refractivity contribution in [3.8, 4) is 0 Å². The number of fused-ring (bicyclic) bond motifs is 1. The molecule has 1 aliphatic heterocycles. The average Bonchev–Trinajstić information content (AvgIpc) is 3.32. The fourth-order valence-electron chi connectivity index (χ4n) is 4.28. The van der Waals surface area contributed by atoms with E-state index >= 15 is 0 Å². The van der Waals surface area contributed by atoms with Gasteiger partial charge in [0.1, 0.15) is 0 Å². The van der Waals surface area contributed by atoms with Crippen molar-refractivity contribution in [3.63, 3.8) is 0 Å². The van der Waals surface area contributed by atoms with Crippen LogP contribution in [0.1, 0.15) is 52.7 Å². The summed E-state index contributed by atoms with van der Waals surface area (Å²) in [4.78, 5) is 27.4. The molecule has 0 atom stereocenters. The largest absolute Gasteiger partial charge is 0.322 e. The van der Waals surface area contributed by atoms with Crippen molar-refractivity contribution in [2.75, 3.05) is 16.8 Å². The van der Waals surface area contributed by atoms with Crippen molar-refractivity contribution in [2.24, 2.45) is 5.92 Å². The predicted octanol–water partition coefficient (Wildman–Crippen LogP) is 4.64. The van der Waals surface area contributed by atoms with Crippen LogP contribution in [0.25, 0.3) is 0 Å². The topological polar surface area (TPSA) is 49.4 Å². The van der Waals surface area contributed by atoms with Gasteiger partial charge in [-0.25, -0.2) is 0 Å². The Morgan fingerprint density at radius 2 is 1.81 bits per heavy atom. The van der Waals surface area contributed by atoms with Crippen molar-refractivity contribution in [1.29, 1.82) is 0 Å². The molecule has 1 N–H and O–H groups in total. The molecule has 0 spiro atoms. The summed E-state index contributed by atoms with van der Waals surface area (Å²) in [5.41, 5.74) is 5.67. The molecule has 2 amide bonds. The standard InChI is InChI=1S/C23H26N2O2/c1-15-7-8-16(2)20(13-15)22(26)24-19-9-10-21-18(14-19)11-12-25(21)23(27)17-5-3-4-6-17/h7-10,13-14,17H,3-6,11-12H2,1-2H3,(H,24,26). The van der Waals surface area contributed by atoms with Gasteiger partial charge in [0.05, 0.1) is 0 Å². The van der Waals surface area contributed by atoms with Crippen molar-refractivity contribution >= 4 is 23.2 Å². The lowest BCUT2D eigenvalue weighted by Gasteiger charge is -2.21. The first kappa shape index (κ1) is 17.8. The highest BCUT2D eigenvalue weighted by Crippen LogP contribution is 2.35.